The zero-order valence-corrected chi connectivity index (χ0v) is 10.6. The van der Waals surface area contributed by atoms with Crippen molar-refractivity contribution >= 4 is 5.97 Å². The number of carboxylic acids is 1. The Kier molecular flexibility index (Phi) is 3.68. The molecule has 1 unspecified atom stereocenters. The summed E-state index contributed by atoms with van der Waals surface area (Å²) in [6.45, 7) is 0. The molecule has 4 nitrogen and oxygen atoms in total. The Labute approximate surface area is 107 Å². The molecule has 1 saturated carbocycles. The topological polar surface area (TPSA) is 72.5 Å². The number of hydrogen-bond acceptors (Lipinski definition) is 3. The van der Waals surface area contributed by atoms with Gasteiger partial charge in [-0.2, -0.15) is 0 Å². The van der Waals surface area contributed by atoms with E-state index in [0.29, 0.717) is 5.56 Å². The van der Waals surface area contributed by atoms with Gasteiger partial charge < -0.3 is 15.6 Å². The molecule has 0 spiro atoms. The highest BCUT2D eigenvalue weighted by Gasteiger charge is 2.42. The van der Waals surface area contributed by atoms with Crippen LogP contribution in [0, 0.1) is 0 Å². The number of methoxy groups -OCH3 is 1. The summed E-state index contributed by atoms with van der Waals surface area (Å²) in [4.78, 5) is 10.7. The van der Waals surface area contributed by atoms with Crippen LogP contribution in [-0.4, -0.2) is 23.8 Å². The van der Waals surface area contributed by atoms with E-state index >= 15 is 0 Å². The zero-order valence-electron chi connectivity index (χ0n) is 10.6. The Balaban J connectivity index is 1.93. The van der Waals surface area contributed by atoms with E-state index in [2.05, 4.69) is 0 Å². The van der Waals surface area contributed by atoms with Crippen LogP contribution in [-0.2, 0) is 16.0 Å². The van der Waals surface area contributed by atoms with E-state index in [1.807, 2.05) is 12.1 Å². The zero-order chi connectivity index (χ0) is 13.2. The molecule has 1 fully saturated rings. The number of nitrogens with two attached hydrogens (primary N) is 1. The minimum Gasteiger partial charge on any atom is -0.480 e. The monoisotopic (exact) mass is 249 g/mol. The van der Waals surface area contributed by atoms with Gasteiger partial charge in [-0.1, -0.05) is 24.3 Å². The molecular weight excluding hydrogens is 230 g/mol. The van der Waals surface area contributed by atoms with E-state index in [-0.39, 0.29) is 5.60 Å². The molecule has 0 amide bonds. The third-order valence-electron chi connectivity index (χ3n) is 3.71. The van der Waals surface area contributed by atoms with E-state index in [9.17, 15) is 4.79 Å². The second-order valence-corrected chi connectivity index (χ2v) is 4.94. The lowest BCUT2D eigenvalue weighted by Gasteiger charge is -2.13. The number of carbonyl (C=O) groups is 1. The van der Waals surface area contributed by atoms with Gasteiger partial charge in [-0.15, -0.1) is 0 Å². The van der Waals surface area contributed by atoms with Crippen molar-refractivity contribution in [1.29, 1.82) is 0 Å². The van der Waals surface area contributed by atoms with Crippen molar-refractivity contribution in [2.75, 3.05) is 7.11 Å². The number of ether oxygens (including phenoxy) is 1. The molecule has 0 radical (unpaired) electrons. The third-order valence-corrected chi connectivity index (χ3v) is 3.71. The maximum absolute atomic E-state index is 10.7. The first kappa shape index (κ1) is 13.1. The van der Waals surface area contributed by atoms with E-state index in [1.165, 1.54) is 5.56 Å². The van der Waals surface area contributed by atoms with E-state index in [0.717, 1.165) is 25.7 Å². The normalized spacial score (nSPS) is 18.3. The van der Waals surface area contributed by atoms with Gasteiger partial charge in [0.1, 0.15) is 6.04 Å². The van der Waals surface area contributed by atoms with Crippen molar-refractivity contribution < 1.29 is 14.6 Å². The number of hydrogen-bond donors (Lipinski definition) is 2. The first-order chi connectivity index (χ1) is 8.56. The molecule has 1 aliphatic rings. The van der Waals surface area contributed by atoms with Crippen molar-refractivity contribution in [3.63, 3.8) is 0 Å². The average Bonchev–Trinajstić information content (AvgIpc) is 3.17. The Morgan fingerprint density at radius 1 is 1.44 bits per heavy atom. The van der Waals surface area contributed by atoms with Crippen LogP contribution in [0.2, 0.25) is 0 Å². The molecule has 0 aromatic heterocycles. The summed E-state index contributed by atoms with van der Waals surface area (Å²) in [6.07, 6.45) is 4.27. The molecule has 3 N–H and O–H groups in total. The van der Waals surface area contributed by atoms with Crippen molar-refractivity contribution in [3.05, 3.63) is 35.4 Å². The standard InChI is InChI=1S/C14H19NO3/c1-18-14(8-9-14)7-6-10-2-4-11(5-3-10)12(15)13(16)17/h2-5,12H,6-9,15H2,1H3,(H,16,17). The molecule has 1 aromatic carbocycles. The Hall–Kier alpha value is -1.39. The Morgan fingerprint density at radius 2 is 2.06 bits per heavy atom. The molecular formula is C14H19NO3. The molecule has 1 atom stereocenters. The van der Waals surface area contributed by atoms with Gasteiger partial charge in [0.25, 0.3) is 0 Å². The number of aryl methyl sites for hydroxylation is 1. The molecule has 0 bridgehead atoms. The fraction of sp³-hybridized carbons (Fsp3) is 0.500. The molecule has 1 aliphatic carbocycles. The predicted octanol–water partition coefficient (Wildman–Crippen LogP) is 1.88. The van der Waals surface area contributed by atoms with Crippen LogP contribution in [0.3, 0.4) is 0 Å². The lowest BCUT2D eigenvalue weighted by atomic mass is 10.0. The number of benzene rings is 1. The summed E-state index contributed by atoms with van der Waals surface area (Å²) in [5.41, 5.74) is 7.48. The molecule has 0 heterocycles. The summed E-state index contributed by atoms with van der Waals surface area (Å²) in [5.74, 6) is -1.00. The highest BCUT2D eigenvalue weighted by Crippen LogP contribution is 2.42. The summed E-state index contributed by atoms with van der Waals surface area (Å²) in [6, 6.07) is 6.54. The fourth-order valence-electron chi connectivity index (χ4n) is 2.10. The SMILES string of the molecule is COC1(CCc2ccc(C(N)C(=O)O)cc2)CC1. The lowest BCUT2D eigenvalue weighted by molar-refractivity contribution is -0.138. The molecule has 18 heavy (non-hydrogen) atoms. The Bertz CT molecular complexity index is 423. The van der Waals surface area contributed by atoms with Gasteiger partial charge in [0.15, 0.2) is 0 Å². The number of rotatable bonds is 6. The maximum atomic E-state index is 10.7. The van der Waals surface area contributed by atoms with Crippen LogP contribution in [0.5, 0.6) is 0 Å². The summed E-state index contributed by atoms with van der Waals surface area (Å²) < 4.78 is 5.47. The second-order valence-electron chi connectivity index (χ2n) is 4.94. The van der Waals surface area contributed by atoms with Crippen molar-refractivity contribution in [3.8, 4) is 0 Å². The lowest BCUT2D eigenvalue weighted by Crippen LogP contribution is -2.20. The summed E-state index contributed by atoms with van der Waals surface area (Å²) in [7, 11) is 1.77. The van der Waals surface area contributed by atoms with Gasteiger partial charge in [-0.25, -0.2) is 0 Å². The van der Waals surface area contributed by atoms with E-state index in [4.69, 9.17) is 15.6 Å². The van der Waals surface area contributed by atoms with Crippen LogP contribution >= 0.6 is 0 Å². The van der Waals surface area contributed by atoms with Crippen LogP contribution in [0.1, 0.15) is 36.4 Å². The van der Waals surface area contributed by atoms with Gasteiger partial charge in [-0.3, -0.25) is 4.79 Å². The van der Waals surface area contributed by atoms with E-state index in [1.54, 1.807) is 19.2 Å². The smallest absolute Gasteiger partial charge is 0.325 e. The molecule has 1 aromatic rings. The van der Waals surface area contributed by atoms with Gasteiger partial charge in [0.2, 0.25) is 0 Å². The first-order valence-corrected chi connectivity index (χ1v) is 6.19. The van der Waals surface area contributed by atoms with Gasteiger partial charge in [-0.05, 0) is 36.8 Å². The van der Waals surface area contributed by atoms with Crippen molar-refractivity contribution in [2.45, 2.75) is 37.3 Å². The fourth-order valence-corrected chi connectivity index (χ4v) is 2.10. The Morgan fingerprint density at radius 3 is 2.50 bits per heavy atom. The molecule has 2 rings (SSSR count). The van der Waals surface area contributed by atoms with Gasteiger partial charge in [0, 0.05) is 7.11 Å². The van der Waals surface area contributed by atoms with Crippen LogP contribution in [0.25, 0.3) is 0 Å². The number of aliphatic carboxylic acids is 1. The minimum atomic E-state index is -1.00. The number of carboxylic acid groups (broad SMARTS) is 1. The van der Waals surface area contributed by atoms with Crippen molar-refractivity contribution in [1.82, 2.24) is 0 Å². The van der Waals surface area contributed by atoms with Crippen LogP contribution < -0.4 is 5.73 Å². The van der Waals surface area contributed by atoms with Gasteiger partial charge >= 0.3 is 5.97 Å². The summed E-state index contributed by atoms with van der Waals surface area (Å²) in [5, 5.41) is 8.81. The van der Waals surface area contributed by atoms with Crippen LogP contribution in [0.4, 0.5) is 0 Å². The predicted molar refractivity (Wildman–Crippen MR) is 68.3 cm³/mol. The molecule has 98 valence electrons. The molecule has 4 heteroatoms. The maximum Gasteiger partial charge on any atom is 0.325 e. The highest BCUT2D eigenvalue weighted by atomic mass is 16.5. The molecule has 0 aliphatic heterocycles. The van der Waals surface area contributed by atoms with Crippen LogP contribution in [0.15, 0.2) is 24.3 Å². The van der Waals surface area contributed by atoms with Gasteiger partial charge in [0.05, 0.1) is 5.60 Å². The van der Waals surface area contributed by atoms with Crippen molar-refractivity contribution in [2.24, 2.45) is 5.73 Å². The minimum absolute atomic E-state index is 0.107. The van der Waals surface area contributed by atoms with E-state index < -0.39 is 12.0 Å². The largest absolute Gasteiger partial charge is 0.480 e. The summed E-state index contributed by atoms with van der Waals surface area (Å²) >= 11 is 0. The molecule has 0 saturated heterocycles. The second kappa shape index (κ2) is 5.08. The quantitative estimate of drug-likeness (QED) is 0.807. The average molecular weight is 249 g/mol. The highest BCUT2D eigenvalue weighted by molar-refractivity contribution is 5.75. The first-order valence-electron chi connectivity index (χ1n) is 6.19. The third kappa shape index (κ3) is 2.89.